The zero-order valence-electron chi connectivity index (χ0n) is 16.9. The highest BCUT2D eigenvalue weighted by Crippen LogP contribution is 2.24. The van der Waals surface area contributed by atoms with E-state index in [1.807, 2.05) is 23.1 Å². The maximum absolute atomic E-state index is 12.5. The molecule has 2 N–H and O–H groups in total. The number of fused-ring (bicyclic) bond motifs is 1. The number of methoxy groups -OCH3 is 1. The van der Waals surface area contributed by atoms with Gasteiger partial charge < -0.3 is 20.3 Å². The Kier molecular flexibility index (Phi) is 9.72. The van der Waals surface area contributed by atoms with Gasteiger partial charge in [-0.1, -0.05) is 18.2 Å². The minimum atomic E-state index is 0. The molecule has 6 nitrogen and oxygen atoms in total. The average Bonchev–Trinajstić information content (AvgIpc) is 3.20. The standard InChI is InChI=1S/C21H28N4O2S.HI/c1-22-21(23-11-7-16-5-3-4-6-18(16)27-2)24-12-8-20(26)25-13-9-19-17(15-25)10-14-28-19;/h3-6,10,14H,7-9,11-13,15H2,1-2H3,(H2,22,23,24);1H. The molecule has 0 bridgehead atoms. The second-order valence-electron chi connectivity index (χ2n) is 6.67. The van der Waals surface area contributed by atoms with Gasteiger partial charge in [0.1, 0.15) is 5.75 Å². The summed E-state index contributed by atoms with van der Waals surface area (Å²) in [6.45, 7) is 2.86. The van der Waals surface area contributed by atoms with Crippen molar-refractivity contribution in [2.45, 2.75) is 25.8 Å². The minimum absolute atomic E-state index is 0. The number of carbonyl (C=O) groups is 1. The van der Waals surface area contributed by atoms with E-state index in [4.69, 9.17) is 4.74 Å². The second kappa shape index (κ2) is 12.0. The summed E-state index contributed by atoms with van der Waals surface area (Å²) in [6.07, 6.45) is 2.27. The molecule has 0 aliphatic carbocycles. The first-order chi connectivity index (χ1) is 13.7. The number of hydrogen-bond donors (Lipinski definition) is 2. The number of rotatable bonds is 7. The topological polar surface area (TPSA) is 66.0 Å². The summed E-state index contributed by atoms with van der Waals surface area (Å²) in [5, 5.41) is 8.63. The third-order valence-electron chi connectivity index (χ3n) is 4.89. The molecule has 8 heteroatoms. The summed E-state index contributed by atoms with van der Waals surface area (Å²) in [5.41, 5.74) is 2.45. The highest BCUT2D eigenvalue weighted by Gasteiger charge is 2.20. The number of carbonyl (C=O) groups excluding carboxylic acids is 1. The predicted molar refractivity (Wildman–Crippen MR) is 130 cm³/mol. The Balaban J connectivity index is 0.00000300. The van der Waals surface area contributed by atoms with Gasteiger partial charge in [0.15, 0.2) is 5.96 Å². The summed E-state index contributed by atoms with van der Waals surface area (Å²) >= 11 is 1.79. The number of nitrogens with one attached hydrogen (secondary N) is 2. The molecular formula is C21H29IN4O2S. The van der Waals surface area contributed by atoms with Crippen LogP contribution in [0.1, 0.15) is 22.4 Å². The van der Waals surface area contributed by atoms with E-state index in [2.05, 4.69) is 33.1 Å². The lowest BCUT2D eigenvalue weighted by atomic mass is 10.1. The van der Waals surface area contributed by atoms with E-state index in [1.165, 1.54) is 10.4 Å². The van der Waals surface area contributed by atoms with Crippen molar-refractivity contribution in [3.8, 4) is 5.75 Å². The number of nitrogens with zero attached hydrogens (tertiary/aromatic N) is 2. The summed E-state index contributed by atoms with van der Waals surface area (Å²) in [5.74, 6) is 1.79. The molecule has 0 radical (unpaired) electrons. The van der Waals surface area contributed by atoms with E-state index in [-0.39, 0.29) is 29.9 Å². The summed E-state index contributed by atoms with van der Waals surface area (Å²) in [7, 11) is 3.42. The van der Waals surface area contributed by atoms with E-state index in [1.54, 1.807) is 25.5 Å². The monoisotopic (exact) mass is 528 g/mol. The van der Waals surface area contributed by atoms with Crippen LogP contribution in [0.3, 0.4) is 0 Å². The molecule has 1 aliphatic heterocycles. The smallest absolute Gasteiger partial charge is 0.224 e. The molecule has 0 unspecified atom stereocenters. The third kappa shape index (κ3) is 6.60. The van der Waals surface area contributed by atoms with Crippen molar-refractivity contribution in [3.63, 3.8) is 0 Å². The molecule has 2 aromatic rings. The quantitative estimate of drug-likeness (QED) is 0.330. The van der Waals surface area contributed by atoms with Crippen LogP contribution in [-0.2, 0) is 24.2 Å². The number of guanidine groups is 1. The van der Waals surface area contributed by atoms with Gasteiger partial charge in [0, 0.05) is 44.5 Å². The van der Waals surface area contributed by atoms with Crippen LogP contribution in [0.2, 0.25) is 0 Å². The number of ether oxygens (including phenoxy) is 1. The van der Waals surface area contributed by atoms with E-state index in [0.717, 1.165) is 43.8 Å². The SMILES string of the molecule is CN=C(NCCC(=O)N1CCc2sccc2C1)NCCc1ccccc1OC.I. The minimum Gasteiger partial charge on any atom is -0.496 e. The first kappa shape index (κ1) is 23.5. The number of amides is 1. The van der Waals surface area contributed by atoms with Gasteiger partial charge in [-0.05, 0) is 41.5 Å². The second-order valence-corrected chi connectivity index (χ2v) is 7.67. The fourth-order valence-electron chi connectivity index (χ4n) is 3.35. The van der Waals surface area contributed by atoms with Gasteiger partial charge in [0.2, 0.25) is 5.91 Å². The fraction of sp³-hybridized carbons (Fsp3) is 0.429. The summed E-state index contributed by atoms with van der Waals surface area (Å²) in [6, 6.07) is 10.1. The molecule has 1 aromatic carbocycles. The lowest BCUT2D eigenvalue weighted by Gasteiger charge is -2.27. The molecule has 0 fully saturated rings. The molecule has 1 aliphatic rings. The van der Waals surface area contributed by atoms with Crippen molar-refractivity contribution in [2.75, 3.05) is 33.8 Å². The number of hydrogen-bond acceptors (Lipinski definition) is 4. The van der Waals surface area contributed by atoms with Crippen LogP contribution >= 0.6 is 35.3 Å². The maximum atomic E-state index is 12.5. The fourth-order valence-corrected chi connectivity index (χ4v) is 4.24. The van der Waals surface area contributed by atoms with E-state index in [0.29, 0.717) is 18.9 Å². The zero-order chi connectivity index (χ0) is 19.8. The lowest BCUT2D eigenvalue weighted by Crippen LogP contribution is -2.41. The normalized spacial score (nSPS) is 13.3. The first-order valence-corrected chi connectivity index (χ1v) is 10.5. The molecular weight excluding hydrogens is 499 g/mol. The number of thiophene rings is 1. The van der Waals surface area contributed by atoms with Crippen LogP contribution in [0, 0.1) is 0 Å². The number of halogens is 1. The van der Waals surface area contributed by atoms with Gasteiger partial charge in [0.25, 0.3) is 0 Å². The van der Waals surface area contributed by atoms with E-state index in [9.17, 15) is 4.79 Å². The van der Waals surface area contributed by atoms with Crippen LogP contribution in [0.4, 0.5) is 0 Å². The van der Waals surface area contributed by atoms with Crippen molar-refractivity contribution >= 4 is 47.2 Å². The summed E-state index contributed by atoms with van der Waals surface area (Å²) < 4.78 is 5.38. The van der Waals surface area contributed by atoms with E-state index < -0.39 is 0 Å². The third-order valence-corrected chi connectivity index (χ3v) is 5.92. The van der Waals surface area contributed by atoms with E-state index >= 15 is 0 Å². The van der Waals surface area contributed by atoms with Gasteiger partial charge >= 0.3 is 0 Å². The lowest BCUT2D eigenvalue weighted by molar-refractivity contribution is -0.131. The Morgan fingerprint density at radius 2 is 2.03 bits per heavy atom. The predicted octanol–water partition coefficient (Wildman–Crippen LogP) is 3.06. The zero-order valence-corrected chi connectivity index (χ0v) is 20.1. The van der Waals surface area contributed by atoms with Gasteiger partial charge in [-0.25, -0.2) is 0 Å². The molecule has 0 saturated heterocycles. The van der Waals surface area contributed by atoms with Gasteiger partial charge in [0.05, 0.1) is 7.11 Å². The maximum Gasteiger partial charge on any atom is 0.224 e. The Morgan fingerprint density at radius 3 is 2.83 bits per heavy atom. The Bertz CT molecular complexity index is 825. The number of benzene rings is 1. The average molecular weight is 528 g/mol. The highest BCUT2D eigenvalue weighted by atomic mass is 127. The molecule has 0 saturated carbocycles. The summed E-state index contributed by atoms with van der Waals surface area (Å²) in [4.78, 5) is 20.1. The molecule has 158 valence electrons. The Labute approximate surface area is 193 Å². The van der Waals surface area contributed by atoms with Crippen LogP contribution in [0.5, 0.6) is 5.75 Å². The van der Waals surface area contributed by atoms with Gasteiger partial charge in [-0.2, -0.15) is 0 Å². The van der Waals surface area contributed by atoms with Crippen molar-refractivity contribution in [1.82, 2.24) is 15.5 Å². The largest absolute Gasteiger partial charge is 0.496 e. The first-order valence-electron chi connectivity index (χ1n) is 9.60. The Hall–Kier alpha value is -1.81. The molecule has 0 atom stereocenters. The molecule has 3 rings (SSSR count). The molecule has 0 spiro atoms. The molecule has 1 aromatic heterocycles. The number of aliphatic imine (C=N–C) groups is 1. The molecule has 1 amide bonds. The van der Waals surface area contributed by atoms with Gasteiger partial charge in [-0.3, -0.25) is 9.79 Å². The highest BCUT2D eigenvalue weighted by molar-refractivity contribution is 14.0. The van der Waals surface area contributed by atoms with Crippen LogP contribution < -0.4 is 15.4 Å². The molecule has 29 heavy (non-hydrogen) atoms. The van der Waals surface area contributed by atoms with Crippen molar-refractivity contribution in [3.05, 3.63) is 51.7 Å². The Morgan fingerprint density at radius 1 is 1.24 bits per heavy atom. The van der Waals surface area contributed by atoms with Crippen molar-refractivity contribution in [1.29, 1.82) is 0 Å². The number of para-hydroxylation sites is 1. The van der Waals surface area contributed by atoms with Gasteiger partial charge in [-0.15, -0.1) is 35.3 Å². The van der Waals surface area contributed by atoms with Crippen molar-refractivity contribution < 1.29 is 9.53 Å². The molecule has 2 heterocycles. The van der Waals surface area contributed by atoms with Crippen LogP contribution in [-0.4, -0.2) is 50.6 Å². The van der Waals surface area contributed by atoms with Crippen LogP contribution in [0.15, 0.2) is 40.7 Å². The van der Waals surface area contributed by atoms with Crippen LogP contribution in [0.25, 0.3) is 0 Å². The van der Waals surface area contributed by atoms with Crippen molar-refractivity contribution in [2.24, 2.45) is 4.99 Å².